The third-order valence-corrected chi connectivity index (χ3v) is 4.01. The maximum atomic E-state index is 12.6. The Morgan fingerprint density at radius 3 is 2.40 bits per heavy atom. The van der Waals surface area contributed by atoms with Crippen molar-refractivity contribution in [2.24, 2.45) is 0 Å². The molecule has 128 valence electrons. The number of halogens is 4. The van der Waals surface area contributed by atoms with E-state index in [1.807, 2.05) is 0 Å². The molecule has 8 heteroatoms. The summed E-state index contributed by atoms with van der Waals surface area (Å²) >= 11 is 3.32. The summed E-state index contributed by atoms with van der Waals surface area (Å²) in [6, 6.07) is 10.1. The van der Waals surface area contributed by atoms with Crippen molar-refractivity contribution >= 4 is 32.8 Å². The van der Waals surface area contributed by atoms with Gasteiger partial charge in [0.15, 0.2) is 0 Å². The minimum Gasteiger partial charge on any atom is -0.406 e. The van der Waals surface area contributed by atoms with Crippen LogP contribution in [0.1, 0.15) is 5.56 Å². The third kappa shape index (κ3) is 3.58. The minimum atomic E-state index is -4.77. The van der Waals surface area contributed by atoms with Gasteiger partial charge in [-0.25, -0.2) is 0 Å². The molecule has 0 saturated carbocycles. The highest BCUT2D eigenvalue weighted by atomic mass is 79.9. The van der Waals surface area contributed by atoms with E-state index in [1.54, 1.807) is 24.3 Å². The average Bonchev–Trinajstić information content (AvgIpc) is 2.57. The van der Waals surface area contributed by atoms with Crippen LogP contribution in [-0.2, 0) is 0 Å². The summed E-state index contributed by atoms with van der Waals surface area (Å²) in [6.07, 6.45) is -3.12. The van der Waals surface area contributed by atoms with Gasteiger partial charge in [0.1, 0.15) is 10.4 Å². The Kier molecular flexibility index (Phi) is 4.38. The number of ether oxygens (including phenoxy) is 1. The maximum absolute atomic E-state index is 12.6. The van der Waals surface area contributed by atoms with Gasteiger partial charge in [-0.05, 0) is 57.9 Å². The lowest BCUT2D eigenvalue weighted by Crippen LogP contribution is -2.22. The summed E-state index contributed by atoms with van der Waals surface area (Å²) in [5, 5.41) is 5.21. The second-order valence-corrected chi connectivity index (χ2v) is 5.81. The largest absolute Gasteiger partial charge is 0.573 e. The van der Waals surface area contributed by atoms with E-state index in [0.29, 0.717) is 21.1 Å². The zero-order valence-corrected chi connectivity index (χ0v) is 14.1. The van der Waals surface area contributed by atoms with Gasteiger partial charge in [-0.2, -0.15) is 9.78 Å². The van der Waals surface area contributed by atoms with E-state index in [9.17, 15) is 18.0 Å². The normalized spacial score (nSPS) is 11.5. The molecule has 0 spiro atoms. The van der Waals surface area contributed by atoms with E-state index in [-0.39, 0.29) is 5.75 Å². The van der Waals surface area contributed by atoms with Gasteiger partial charge >= 0.3 is 6.36 Å². The molecule has 3 aromatic rings. The number of benzene rings is 2. The number of nitrogens with zero attached hydrogens (tertiary/aromatic N) is 2. The molecule has 0 aliphatic carbocycles. The first kappa shape index (κ1) is 17.2. The molecule has 1 aromatic heterocycles. The van der Waals surface area contributed by atoms with Crippen LogP contribution in [0.2, 0.25) is 0 Å². The lowest BCUT2D eigenvalue weighted by molar-refractivity contribution is -0.274. The Morgan fingerprint density at radius 1 is 1.12 bits per heavy atom. The van der Waals surface area contributed by atoms with Crippen molar-refractivity contribution in [3.8, 4) is 11.4 Å². The smallest absolute Gasteiger partial charge is 0.406 e. The van der Waals surface area contributed by atoms with E-state index in [1.165, 1.54) is 12.1 Å². The summed E-state index contributed by atoms with van der Waals surface area (Å²) in [4.78, 5) is 12.6. The van der Waals surface area contributed by atoms with Crippen LogP contribution < -0.4 is 10.3 Å². The first-order valence-corrected chi connectivity index (χ1v) is 7.79. The minimum absolute atomic E-state index is 0.315. The van der Waals surface area contributed by atoms with Gasteiger partial charge in [0, 0.05) is 5.39 Å². The third-order valence-electron chi connectivity index (χ3n) is 3.43. The second kappa shape index (κ2) is 6.36. The highest BCUT2D eigenvalue weighted by molar-refractivity contribution is 9.10. The SMILES string of the molecule is C=Cc1ccc2c(=O)n(-c3ccc(OC(F)(F)F)cc3)nc(Br)c2c1. The van der Waals surface area contributed by atoms with Crippen molar-refractivity contribution in [1.82, 2.24) is 9.78 Å². The van der Waals surface area contributed by atoms with Crippen LogP contribution >= 0.6 is 15.9 Å². The molecule has 4 nitrogen and oxygen atoms in total. The van der Waals surface area contributed by atoms with E-state index in [2.05, 4.69) is 32.3 Å². The van der Waals surface area contributed by atoms with Crippen molar-refractivity contribution in [2.45, 2.75) is 6.36 Å². The molecule has 0 atom stereocenters. The van der Waals surface area contributed by atoms with Crippen LogP contribution in [0, 0.1) is 0 Å². The van der Waals surface area contributed by atoms with E-state index in [4.69, 9.17) is 0 Å². The van der Waals surface area contributed by atoms with Crippen LogP contribution in [0.5, 0.6) is 5.75 Å². The number of hydrogen-bond acceptors (Lipinski definition) is 3. The van der Waals surface area contributed by atoms with Gasteiger partial charge < -0.3 is 4.74 Å². The number of aromatic nitrogens is 2. The van der Waals surface area contributed by atoms with Gasteiger partial charge in [-0.15, -0.1) is 13.2 Å². The van der Waals surface area contributed by atoms with Crippen LogP contribution in [0.15, 0.2) is 58.4 Å². The Morgan fingerprint density at radius 2 is 1.80 bits per heavy atom. The molecular weight excluding hydrogens is 401 g/mol. The van der Waals surface area contributed by atoms with Crippen LogP contribution in [0.25, 0.3) is 22.5 Å². The predicted octanol–water partition coefficient (Wildman–Crippen LogP) is 4.69. The van der Waals surface area contributed by atoms with Crippen molar-refractivity contribution in [3.63, 3.8) is 0 Å². The molecule has 0 amide bonds. The first-order valence-electron chi connectivity index (χ1n) is 7.00. The fourth-order valence-electron chi connectivity index (χ4n) is 2.31. The van der Waals surface area contributed by atoms with Gasteiger partial charge in [0.2, 0.25) is 0 Å². The Balaban J connectivity index is 2.08. The molecule has 25 heavy (non-hydrogen) atoms. The first-order chi connectivity index (χ1) is 11.8. The van der Waals surface area contributed by atoms with Gasteiger partial charge in [-0.3, -0.25) is 4.79 Å². The lowest BCUT2D eigenvalue weighted by atomic mass is 10.1. The number of hydrogen-bond donors (Lipinski definition) is 0. The Hall–Kier alpha value is -2.61. The fourth-order valence-corrected chi connectivity index (χ4v) is 2.80. The maximum Gasteiger partial charge on any atom is 0.573 e. The monoisotopic (exact) mass is 410 g/mol. The highest BCUT2D eigenvalue weighted by Gasteiger charge is 2.31. The zero-order chi connectivity index (χ0) is 18.2. The van der Waals surface area contributed by atoms with Crippen molar-refractivity contribution in [2.75, 3.05) is 0 Å². The fraction of sp³-hybridized carbons (Fsp3) is 0.0588. The second-order valence-electron chi connectivity index (χ2n) is 5.06. The zero-order valence-electron chi connectivity index (χ0n) is 12.5. The number of fused-ring (bicyclic) bond motifs is 1. The van der Waals surface area contributed by atoms with Crippen LogP contribution in [0.4, 0.5) is 13.2 Å². The van der Waals surface area contributed by atoms with E-state index in [0.717, 1.165) is 22.4 Å². The highest BCUT2D eigenvalue weighted by Crippen LogP contribution is 2.25. The molecular formula is C17H10BrF3N2O2. The number of rotatable bonds is 3. The van der Waals surface area contributed by atoms with Crippen molar-refractivity contribution in [3.05, 3.63) is 69.6 Å². The lowest BCUT2D eigenvalue weighted by Gasteiger charge is -2.11. The summed E-state index contributed by atoms with van der Waals surface area (Å²) in [5.41, 5.74) is 0.758. The molecule has 0 unspecified atom stereocenters. The number of alkyl halides is 3. The Bertz CT molecular complexity index is 1010. The Labute approximate surface area is 148 Å². The molecule has 0 fully saturated rings. The summed E-state index contributed by atoms with van der Waals surface area (Å²) in [6.45, 7) is 3.68. The average molecular weight is 411 g/mol. The summed E-state index contributed by atoms with van der Waals surface area (Å²) in [7, 11) is 0. The molecule has 0 bridgehead atoms. The van der Waals surface area contributed by atoms with E-state index >= 15 is 0 Å². The topological polar surface area (TPSA) is 44.1 Å². The molecule has 0 radical (unpaired) electrons. The molecule has 0 saturated heterocycles. The summed E-state index contributed by atoms with van der Waals surface area (Å²) in [5.74, 6) is -0.375. The van der Waals surface area contributed by atoms with Crippen LogP contribution in [0.3, 0.4) is 0 Å². The van der Waals surface area contributed by atoms with Crippen molar-refractivity contribution in [1.29, 1.82) is 0 Å². The van der Waals surface area contributed by atoms with Gasteiger partial charge in [0.25, 0.3) is 5.56 Å². The molecule has 2 aromatic carbocycles. The van der Waals surface area contributed by atoms with Gasteiger partial charge in [-0.1, -0.05) is 18.7 Å². The predicted molar refractivity (Wildman–Crippen MR) is 91.8 cm³/mol. The standard InChI is InChI=1S/C17H10BrF3N2O2/c1-2-10-3-8-13-14(9-10)15(18)22-23(16(13)24)11-4-6-12(7-5-11)25-17(19,20)21/h2-9H,1H2. The van der Waals surface area contributed by atoms with E-state index < -0.39 is 11.9 Å². The van der Waals surface area contributed by atoms with Gasteiger partial charge in [0.05, 0.1) is 11.1 Å². The molecule has 0 N–H and O–H groups in total. The van der Waals surface area contributed by atoms with Crippen molar-refractivity contribution < 1.29 is 17.9 Å². The molecule has 0 aliphatic rings. The summed E-state index contributed by atoms with van der Waals surface area (Å²) < 4.78 is 42.0. The molecule has 1 heterocycles. The van der Waals surface area contributed by atoms with Crippen LogP contribution in [-0.4, -0.2) is 16.1 Å². The quantitative estimate of drug-likeness (QED) is 0.628. The molecule has 0 aliphatic heterocycles. The molecule has 3 rings (SSSR count).